The van der Waals surface area contributed by atoms with Crippen LogP contribution in [0.25, 0.3) is 10.2 Å². The molecule has 1 saturated heterocycles. The Morgan fingerprint density at radius 2 is 1.85 bits per heavy atom. The van der Waals surface area contributed by atoms with E-state index < -0.39 is 0 Å². The molecule has 6 heteroatoms. The summed E-state index contributed by atoms with van der Waals surface area (Å²) in [7, 11) is 0. The fraction of sp³-hybridized carbons (Fsp3) is 0.259. The van der Waals surface area contributed by atoms with E-state index in [1.165, 1.54) is 22.5 Å². The standard InChI is InChI=1S/C27H25ClN2O2S/c1-18-23(28)13-14-24-25(18)29-27(33-24)30(17-22-8-5-15-32-22)26(31)21-11-9-20(10-12-21)16-19-6-3-2-4-7-19/h2-4,6-7,9-14,22H,5,8,15-17H2,1H3. The normalized spacial score (nSPS) is 15.8. The highest BCUT2D eigenvalue weighted by molar-refractivity contribution is 7.22. The lowest BCUT2D eigenvalue weighted by Crippen LogP contribution is -2.37. The highest BCUT2D eigenvalue weighted by Gasteiger charge is 2.27. The monoisotopic (exact) mass is 476 g/mol. The zero-order valence-corrected chi connectivity index (χ0v) is 20.0. The van der Waals surface area contributed by atoms with Crippen molar-refractivity contribution in [1.29, 1.82) is 0 Å². The van der Waals surface area contributed by atoms with Crippen LogP contribution in [-0.4, -0.2) is 30.1 Å². The van der Waals surface area contributed by atoms with Gasteiger partial charge in [-0.2, -0.15) is 0 Å². The van der Waals surface area contributed by atoms with Gasteiger partial charge in [-0.1, -0.05) is 65.4 Å². The van der Waals surface area contributed by atoms with E-state index in [0.29, 0.717) is 22.3 Å². The molecule has 1 unspecified atom stereocenters. The lowest BCUT2D eigenvalue weighted by Gasteiger charge is -2.23. The van der Waals surface area contributed by atoms with Crippen molar-refractivity contribution in [2.45, 2.75) is 32.3 Å². The van der Waals surface area contributed by atoms with Crippen LogP contribution in [0.4, 0.5) is 5.13 Å². The Morgan fingerprint density at radius 1 is 1.09 bits per heavy atom. The minimum atomic E-state index is -0.0560. The molecule has 0 spiro atoms. The van der Waals surface area contributed by atoms with E-state index in [9.17, 15) is 4.79 Å². The summed E-state index contributed by atoms with van der Waals surface area (Å²) >= 11 is 7.83. The van der Waals surface area contributed by atoms with Gasteiger partial charge in [-0.25, -0.2) is 4.98 Å². The van der Waals surface area contributed by atoms with Gasteiger partial charge in [-0.3, -0.25) is 9.69 Å². The molecule has 168 valence electrons. The third kappa shape index (κ3) is 4.81. The minimum absolute atomic E-state index is 0.0306. The summed E-state index contributed by atoms with van der Waals surface area (Å²) in [4.78, 5) is 20.2. The smallest absolute Gasteiger partial charge is 0.260 e. The van der Waals surface area contributed by atoms with Gasteiger partial charge in [-0.05, 0) is 67.1 Å². The first-order chi connectivity index (χ1) is 16.1. The number of fused-ring (bicyclic) bond motifs is 1. The molecule has 1 atom stereocenters. The summed E-state index contributed by atoms with van der Waals surface area (Å²) in [5.41, 5.74) is 4.87. The Morgan fingerprint density at radius 3 is 2.58 bits per heavy atom. The summed E-state index contributed by atoms with van der Waals surface area (Å²) in [5.74, 6) is -0.0560. The zero-order chi connectivity index (χ0) is 22.8. The minimum Gasteiger partial charge on any atom is -0.376 e. The maximum atomic E-state index is 13.6. The first kappa shape index (κ1) is 22.1. The van der Waals surface area contributed by atoms with Crippen molar-refractivity contribution in [2.75, 3.05) is 18.1 Å². The van der Waals surface area contributed by atoms with E-state index in [1.807, 2.05) is 61.5 Å². The van der Waals surface area contributed by atoms with Gasteiger partial charge in [-0.15, -0.1) is 0 Å². The van der Waals surface area contributed by atoms with Gasteiger partial charge in [0.1, 0.15) is 0 Å². The van der Waals surface area contributed by atoms with Gasteiger partial charge in [0.25, 0.3) is 5.91 Å². The van der Waals surface area contributed by atoms with Crippen molar-refractivity contribution in [3.05, 3.63) is 94.0 Å². The summed E-state index contributed by atoms with van der Waals surface area (Å²) < 4.78 is 6.88. The molecule has 1 aliphatic rings. The highest BCUT2D eigenvalue weighted by atomic mass is 35.5. The number of amides is 1. The molecule has 0 aliphatic carbocycles. The van der Waals surface area contributed by atoms with Crippen molar-refractivity contribution in [2.24, 2.45) is 0 Å². The van der Waals surface area contributed by atoms with Gasteiger partial charge in [0, 0.05) is 17.2 Å². The average molecular weight is 477 g/mol. The van der Waals surface area contributed by atoms with Gasteiger partial charge in [0.15, 0.2) is 5.13 Å². The molecule has 5 rings (SSSR count). The number of ether oxygens (including phenoxy) is 1. The number of nitrogens with zero attached hydrogens (tertiary/aromatic N) is 2. The lowest BCUT2D eigenvalue weighted by molar-refractivity contribution is 0.0917. The fourth-order valence-electron chi connectivity index (χ4n) is 4.20. The number of anilines is 1. The number of rotatable bonds is 6. The molecule has 4 aromatic rings. The molecule has 1 aliphatic heterocycles. The van der Waals surface area contributed by atoms with Gasteiger partial charge >= 0.3 is 0 Å². The molecule has 33 heavy (non-hydrogen) atoms. The molecule has 4 nitrogen and oxygen atoms in total. The molecule has 0 saturated carbocycles. The fourth-order valence-corrected chi connectivity index (χ4v) is 5.38. The maximum Gasteiger partial charge on any atom is 0.260 e. The number of hydrogen-bond donors (Lipinski definition) is 0. The van der Waals surface area contributed by atoms with Crippen LogP contribution in [0, 0.1) is 6.92 Å². The largest absolute Gasteiger partial charge is 0.376 e. The molecular formula is C27H25ClN2O2S. The first-order valence-corrected chi connectivity index (χ1v) is 12.4. The number of thiazole rings is 1. The number of hydrogen-bond acceptors (Lipinski definition) is 4. The van der Waals surface area contributed by atoms with Gasteiger partial charge < -0.3 is 4.74 Å². The van der Waals surface area contributed by atoms with Crippen LogP contribution in [0.5, 0.6) is 0 Å². The predicted octanol–water partition coefficient (Wildman–Crippen LogP) is 6.67. The van der Waals surface area contributed by atoms with Crippen molar-refractivity contribution >= 4 is 44.2 Å². The molecular weight excluding hydrogens is 452 g/mol. The first-order valence-electron chi connectivity index (χ1n) is 11.2. The van der Waals surface area contributed by atoms with Crippen LogP contribution >= 0.6 is 22.9 Å². The van der Waals surface area contributed by atoms with E-state index >= 15 is 0 Å². The molecule has 1 aromatic heterocycles. The van der Waals surface area contributed by atoms with Crippen LogP contribution in [0.15, 0.2) is 66.7 Å². The second kappa shape index (κ2) is 9.64. The number of aromatic nitrogens is 1. The number of carbonyl (C=O) groups excluding carboxylic acids is 1. The van der Waals surface area contributed by atoms with Crippen molar-refractivity contribution in [3.63, 3.8) is 0 Å². The second-order valence-electron chi connectivity index (χ2n) is 8.43. The zero-order valence-electron chi connectivity index (χ0n) is 18.5. The average Bonchev–Trinajstić information content (AvgIpc) is 3.51. The molecule has 0 bridgehead atoms. The Labute approximate surface area is 202 Å². The molecule has 3 aromatic carbocycles. The van der Waals surface area contributed by atoms with E-state index in [-0.39, 0.29) is 12.0 Å². The number of aryl methyl sites for hydroxylation is 1. The second-order valence-corrected chi connectivity index (χ2v) is 9.84. The number of halogens is 1. The summed E-state index contributed by atoms with van der Waals surface area (Å²) in [6.07, 6.45) is 2.85. The van der Waals surface area contributed by atoms with E-state index in [0.717, 1.165) is 41.6 Å². The summed E-state index contributed by atoms with van der Waals surface area (Å²) in [6.45, 7) is 3.21. The SMILES string of the molecule is Cc1c(Cl)ccc2sc(N(CC3CCCO3)C(=O)c3ccc(Cc4ccccc4)cc3)nc12. The third-order valence-corrected chi connectivity index (χ3v) is 7.53. The molecule has 2 heterocycles. The van der Waals surface area contributed by atoms with E-state index in [4.69, 9.17) is 21.3 Å². The Hall–Kier alpha value is -2.73. The van der Waals surface area contributed by atoms with Crippen LogP contribution in [0.1, 0.15) is 39.9 Å². The van der Waals surface area contributed by atoms with Crippen molar-refractivity contribution < 1.29 is 9.53 Å². The Bertz CT molecular complexity index is 1260. The van der Waals surface area contributed by atoms with Crippen molar-refractivity contribution in [3.8, 4) is 0 Å². The van der Waals surface area contributed by atoms with Crippen molar-refractivity contribution in [1.82, 2.24) is 4.98 Å². The van der Waals surface area contributed by atoms with Crippen LogP contribution in [0.2, 0.25) is 5.02 Å². The maximum absolute atomic E-state index is 13.6. The number of carbonyl (C=O) groups is 1. The van der Waals surface area contributed by atoms with Gasteiger partial charge in [0.05, 0.1) is 22.9 Å². The van der Waals surface area contributed by atoms with Crippen LogP contribution in [-0.2, 0) is 11.2 Å². The topological polar surface area (TPSA) is 42.4 Å². The highest BCUT2D eigenvalue weighted by Crippen LogP contribution is 2.34. The van der Waals surface area contributed by atoms with E-state index in [2.05, 4.69) is 12.1 Å². The van der Waals surface area contributed by atoms with E-state index in [1.54, 1.807) is 4.90 Å². The predicted molar refractivity (Wildman–Crippen MR) is 136 cm³/mol. The summed E-state index contributed by atoms with van der Waals surface area (Å²) in [5, 5.41) is 1.37. The lowest BCUT2D eigenvalue weighted by atomic mass is 10.0. The third-order valence-electron chi connectivity index (χ3n) is 6.07. The quantitative estimate of drug-likeness (QED) is 0.312. The molecule has 1 fully saturated rings. The number of benzene rings is 3. The molecule has 0 radical (unpaired) electrons. The van der Waals surface area contributed by atoms with Crippen LogP contribution < -0.4 is 4.90 Å². The summed E-state index contributed by atoms with van der Waals surface area (Å²) in [6, 6.07) is 22.1. The van der Waals surface area contributed by atoms with Crippen LogP contribution in [0.3, 0.4) is 0 Å². The molecule has 0 N–H and O–H groups in total. The molecule has 1 amide bonds. The Balaban J connectivity index is 1.43. The van der Waals surface area contributed by atoms with Gasteiger partial charge in [0.2, 0.25) is 0 Å². The Kier molecular flexibility index (Phi) is 6.45.